The summed E-state index contributed by atoms with van der Waals surface area (Å²) in [6.07, 6.45) is -7.81. The quantitative estimate of drug-likeness (QED) is 0.0155. The van der Waals surface area contributed by atoms with Crippen LogP contribution in [0.15, 0.2) is 33.7 Å². The Kier molecular flexibility index (Phi) is 32.4. The van der Waals surface area contributed by atoms with Gasteiger partial charge >= 0.3 is 24.1 Å². The van der Waals surface area contributed by atoms with Crippen molar-refractivity contribution >= 4 is 47.9 Å². The van der Waals surface area contributed by atoms with Crippen LogP contribution in [-0.2, 0) is 66.5 Å². The molecule has 0 aromatic rings. The van der Waals surface area contributed by atoms with Crippen LogP contribution in [-0.4, -0.2) is 245 Å². The van der Waals surface area contributed by atoms with E-state index in [9.17, 15) is 59.4 Å². The van der Waals surface area contributed by atoms with Gasteiger partial charge in [0, 0.05) is 45.4 Å². The van der Waals surface area contributed by atoms with Gasteiger partial charge in [0.1, 0.15) is 37.1 Å². The van der Waals surface area contributed by atoms with Crippen molar-refractivity contribution < 1.29 is 107 Å². The number of nitrogens with one attached hydrogen (secondary N) is 4. The second kappa shape index (κ2) is 37.4. The molecule has 2 rings (SSSR count). The predicted octanol–water partition coefficient (Wildman–Crippen LogP) is -5.18. The normalized spacial score (nSPS) is 20.9. The smallest absolute Gasteiger partial charge is 0.407 e. The van der Waals surface area contributed by atoms with Crippen molar-refractivity contribution in [3.8, 4) is 0 Å². The van der Waals surface area contributed by atoms with Crippen LogP contribution in [0.3, 0.4) is 0 Å². The first-order valence-corrected chi connectivity index (χ1v) is 24.6. The zero-order chi connectivity index (χ0) is 57.3. The highest BCUT2D eigenvalue weighted by Crippen LogP contribution is 2.31. The molecule has 0 unspecified atom stereocenters. The lowest BCUT2D eigenvalue weighted by Gasteiger charge is -2.40. The first-order chi connectivity index (χ1) is 36.7. The van der Waals surface area contributed by atoms with Crippen LogP contribution in [0.5, 0.6) is 0 Å². The van der Waals surface area contributed by atoms with Gasteiger partial charge in [-0.15, -0.1) is 0 Å². The second-order valence-electron chi connectivity index (χ2n) is 17.0. The minimum absolute atomic E-state index is 0.00196. The Labute approximate surface area is 444 Å². The molecule has 2 heterocycles. The largest absolute Gasteiger partial charge is 0.480 e. The van der Waals surface area contributed by atoms with Gasteiger partial charge in [-0.3, -0.25) is 9.59 Å². The number of alkyl carbamates (subject to hydrolysis) is 2. The Morgan fingerprint density at radius 1 is 0.662 bits per heavy atom. The van der Waals surface area contributed by atoms with Gasteiger partial charge in [-0.1, -0.05) is 13.8 Å². The van der Waals surface area contributed by atoms with Gasteiger partial charge in [-0.2, -0.15) is 0 Å². The molecule has 18 N–H and O–H groups in total. The number of rotatable bonds is 39. The van der Waals surface area contributed by atoms with Gasteiger partial charge in [0.2, 0.25) is 23.3 Å². The molecule has 4 amide bonds. The molecule has 11 atom stereocenters. The van der Waals surface area contributed by atoms with E-state index in [0.29, 0.717) is 33.0 Å². The summed E-state index contributed by atoms with van der Waals surface area (Å²) in [4.78, 5) is 82.4. The zero-order valence-electron chi connectivity index (χ0n) is 43.4. The molecule has 32 nitrogen and oxygen atoms in total. The van der Waals surface area contributed by atoms with Crippen LogP contribution in [0, 0.1) is 5.92 Å². The number of aliphatic hydroxyl groups excluding tert-OH is 4. The number of nitrogens with two attached hydrogens (primary N) is 4. The maximum absolute atomic E-state index is 13.0. The Morgan fingerprint density at radius 2 is 1.13 bits per heavy atom. The van der Waals surface area contributed by atoms with E-state index in [0.717, 1.165) is 19.4 Å². The number of hydrogen-bond acceptors (Lipinski definition) is 22. The predicted molar refractivity (Wildman–Crippen MR) is 266 cm³/mol. The number of aliphatic carboxylic acids is 2. The molecule has 0 radical (unpaired) electrons. The lowest BCUT2D eigenvalue weighted by molar-refractivity contribution is -0.155. The molecular formula is C45H78N10O22. The van der Waals surface area contributed by atoms with Gasteiger partial charge in [0.25, 0.3) is 0 Å². The van der Waals surface area contributed by atoms with Crippen LogP contribution < -0.4 is 44.2 Å². The van der Waals surface area contributed by atoms with Crippen LogP contribution >= 0.6 is 0 Å². The molecule has 440 valence electrons. The maximum atomic E-state index is 13.0. The van der Waals surface area contributed by atoms with Crippen LogP contribution in [0.2, 0.25) is 0 Å². The van der Waals surface area contributed by atoms with E-state index in [1.165, 1.54) is 6.08 Å². The maximum Gasteiger partial charge on any atom is 0.407 e. The van der Waals surface area contributed by atoms with Crippen molar-refractivity contribution in [3.05, 3.63) is 23.7 Å². The van der Waals surface area contributed by atoms with E-state index >= 15 is 0 Å². The SMILES string of the molecule is CCCOCCOCCOCCOCCC(=O)N[C@@H](CCOC(=O)NCCO[C@@H]([C@@H]1OC(C(=O)O)=C[C@H](N=C(N)N)[C@H]1C)[C@H](O)CO)COC(=O)NCCO[C@@H]([C@@H]1OC(C(=O)O)=C[C@H](N=C(N)N)[C@H]1NC(C)=O)[C@H](O)CO. The summed E-state index contributed by atoms with van der Waals surface area (Å²) < 4.78 is 55.0. The molecule has 0 fully saturated rings. The third-order valence-electron chi connectivity index (χ3n) is 10.9. The monoisotopic (exact) mass is 1110 g/mol. The van der Waals surface area contributed by atoms with E-state index in [-0.39, 0.29) is 64.9 Å². The summed E-state index contributed by atoms with van der Waals surface area (Å²) in [6, 6.07) is -4.24. The number of carbonyl (C=O) groups excluding carboxylic acids is 4. The van der Waals surface area contributed by atoms with E-state index in [2.05, 4.69) is 31.3 Å². The number of ether oxygens (including phenoxy) is 10. The van der Waals surface area contributed by atoms with E-state index in [1.807, 2.05) is 6.92 Å². The molecule has 77 heavy (non-hydrogen) atoms. The molecule has 0 spiro atoms. The summed E-state index contributed by atoms with van der Waals surface area (Å²) >= 11 is 0. The Hall–Kier alpha value is -6.36. The number of carboxylic acid groups (broad SMARTS) is 2. The summed E-state index contributed by atoms with van der Waals surface area (Å²) in [5.74, 6) is -6.72. The molecule has 2 aliphatic rings. The summed E-state index contributed by atoms with van der Waals surface area (Å²) in [6.45, 7) is 3.79. The number of amides is 4. The third kappa shape index (κ3) is 26.5. The Balaban J connectivity index is 2.02. The average molecular weight is 1110 g/mol. The van der Waals surface area contributed by atoms with Crippen molar-refractivity contribution in [2.45, 2.75) is 101 Å². The Bertz CT molecular complexity index is 1940. The first-order valence-electron chi connectivity index (χ1n) is 24.6. The average Bonchev–Trinajstić information content (AvgIpc) is 3.37. The van der Waals surface area contributed by atoms with E-state index in [4.69, 9.17) is 70.3 Å². The van der Waals surface area contributed by atoms with Crippen molar-refractivity contribution in [1.29, 1.82) is 0 Å². The molecule has 0 aromatic carbocycles. The van der Waals surface area contributed by atoms with E-state index < -0.39 is 147 Å². The van der Waals surface area contributed by atoms with Crippen LogP contribution in [0.25, 0.3) is 0 Å². The standard InChI is InChI=1S/C45H78N10O22/c1-4-9-68-14-16-70-18-19-71-17-15-69-10-6-34(61)53-27(5-11-74-44(66)50-7-12-72-37(30(59)22-56)36-25(2)28(54-42(46)47)20-32(76-36)40(62)63)24-75-45(67)51-8-13-73-38(31(60)23-57)39-35(52-26(3)58)29(55-43(48)49)21-33(77-39)41(64)65/h20-21,25,27-31,35-39,56-57,59-60H,4-19,22-24H2,1-3H3,(H,50,66)(H,51,67)(H,52,58)(H,53,61)(H,62,63)(H,64,65)(H4,46,47,54)(H4,48,49,55)/t25-,27+,28+,29+,30-,31-,35-,36-,37-,38-,39-/m1/s1. The first kappa shape index (κ1) is 66.8. The third-order valence-corrected chi connectivity index (χ3v) is 10.9. The number of aliphatic hydroxyl groups is 4. The van der Waals surface area contributed by atoms with Crippen molar-refractivity contribution in [2.24, 2.45) is 38.8 Å². The number of nitrogens with zero attached hydrogens (tertiary/aromatic N) is 2. The van der Waals surface area contributed by atoms with E-state index in [1.54, 1.807) is 6.92 Å². The minimum Gasteiger partial charge on any atom is -0.480 e. The number of carbonyl (C=O) groups is 6. The van der Waals surface area contributed by atoms with Crippen LogP contribution in [0.1, 0.15) is 40.0 Å². The molecule has 32 heteroatoms. The fourth-order valence-corrected chi connectivity index (χ4v) is 7.30. The lowest BCUT2D eigenvalue weighted by atomic mass is 9.87. The molecule has 0 saturated carbocycles. The molecular weight excluding hydrogens is 1030 g/mol. The Morgan fingerprint density at radius 3 is 1.62 bits per heavy atom. The fraction of sp³-hybridized carbons (Fsp3) is 0.733. The number of carboxylic acids is 2. The van der Waals surface area contributed by atoms with Crippen molar-refractivity contribution in [3.63, 3.8) is 0 Å². The van der Waals surface area contributed by atoms with Gasteiger partial charge in [0.15, 0.2) is 18.0 Å². The number of guanidine groups is 2. The molecule has 2 aliphatic heterocycles. The zero-order valence-corrected chi connectivity index (χ0v) is 43.4. The molecule has 0 saturated heterocycles. The minimum atomic E-state index is -1.72. The molecule has 0 aliphatic carbocycles. The molecule has 0 aromatic heterocycles. The van der Waals surface area contributed by atoms with Gasteiger partial charge in [-0.05, 0) is 18.6 Å². The van der Waals surface area contributed by atoms with Gasteiger partial charge < -0.3 is 122 Å². The summed E-state index contributed by atoms with van der Waals surface area (Å²) in [7, 11) is 0. The highest BCUT2D eigenvalue weighted by atomic mass is 16.6. The number of hydrogen-bond donors (Lipinski definition) is 14. The van der Waals surface area contributed by atoms with Crippen LogP contribution in [0.4, 0.5) is 9.59 Å². The molecule has 0 bridgehead atoms. The number of aliphatic imine (C=N–C) groups is 2. The van der Waals surface area contributed by atoms with Gasteiger partial charge in [0.05, 0.1) is 103 Å². The highest BCUT2D eigenvalue weighted by Gasteiger charge is 2.45. The lowest BCUT2D eigenvalue weighted by Crippen LogP contribution is -2.60. The topological polar surface area (TPSA) is 493 Å². The van der Waals surface area contributed by atoms with Crippen molar-refractivity contribution in [2.75, 3.05) is 106 Å². The summed E-state index contributed by atoms with van der Waals surface area (Å²) in [5, 5.41) is 70.3. The summed E-state index contributed by atoms with van der Waals surface area (Å²) in [5.41, 5.74) is 22.1. The van der Waals surface area contributed by atoms with Crippen molar-refractivity contribution in [1.82, 2.24) is 21.3 Å². The van der Waals surface area contributed by atoms with Gasteiger partial charge in [-0.25, -0.2) is 29.2 Å². The highest BCUT2D eigenvalue weighted by molar-refractivity contribution is 5.86. The fourth-order valence-electron chi connectivity index (χ4n) is 7.30. The second-order valence-corrected chi connectivity index (χ2v) is 17.0.